The zero-order valence-corrected chi connectivity index (χ0v) is 19.3. The lowest BCUT2D eigenvalue weighted by Gasteiger charge is -2.04. The second-order valence-corrected chi connectivity index (χ2v) is 10.4. The number of thiophene rings is 1. The topological polar surface area (TPSA) is 87.3 Å². The van der Waals surface area contributed by atoms with Gasteiger partial charge in [0.2, 0.25) is 5.16 Å². The highest BCUT2D eigenvalue weighted by Gasteiger charge is 2.19. The van der Waals surface area contributed by atoms with Gasteiger partial charge >= 0.3 is 0 Å². The fourth-order valence-corrected chi connectivity index (χ4v) is 6.11. The maximum Gasteiger partial charge on any atom is 0.260 e. The number of aromatic amines is 2. The highest BCUT2D eigenvalue weighted by Crippen LogP contribution is 2.36. The Morgan fingerprint density at radius 3 is 2.65 bits per heavy atom. The largest absolute Gasteiger partial charge is 0.309 e. The Hall–Kier alpha value is -2.45. The molecule has 6 nitrogen and oxygen atoms in total. The molecule has 0 atom stereocenters. The van der Waals surface area contributed by atoms with Gasteiger partial charge in [0.25, 0.3) is 5.56 Å². The Kier molecular flexibility index (Phi) is 5.67. The molecule has 1 aliphatic rings. The molecule has 0 aliphatic heterocycles. The molecule has 160 valence electrons. The minimum Gasteiger partial charge on any atom is -0.309 e. The van der Waals surface area contributed by atoms with Crippen LogP contribution < -0.4 is 5.56 Å². The lowest BCUT2D eigenvalue weighted by molar-refractivity contribution is 0.531. The number of hydrogen-bond acceptors (Lipinski definition) is 6. The zero-order chi connectivity index (χ0) is 21.4. The van der Waals surface area contributed by atoms with E-state index in [0.717, 1.165) is 39.0 Å². The maximum absolute atomic E-state index is 12.9. The van der Waals surface area contributed by atoms with E-state index < -0.39 is 0 Å². The number of benzene rings is 1. The van der Waals surface area contributed by atoms with Crippen molar-refractivity contribution in [2.75, 3.05) is 0 Å². The molecule has 5 rings (SSSR count). The number of rotatable bonds is 6. The predicted molar refractivity (Wildman–Crippen MR) is 127 cm³/mol. The summed E-state index contributed by atoms with van der Waals surface area (Å²) in [5, 5.41) is 8.79. The van der Waals surface area contributed by atoms with Crippen LogP contribution in [0.2, 0.25) is 0 Å². The van der Waals surface area contributed by atoms with E-state index in [2.05, 4.69) is 58.3 Å². The minimum atomic E-state index is -0.0857. The van der Waals surface area contributed by atoms with Crippen molar-refractivity contribution in [2.45, 2.75) is 56.9 Å². The van der Waals surface area contributed by atoms with E-state index in [1.165, 1.54) is 43.0 Å². The average molecular weight is 452 g/mol. The molecule has 3 aromatic heterocycles. The van der Waals surface area contributed by atoms with E-state index in [9.17, 15) is 4.79 Å². The van der Waals surface area contributed by atoms with Gasteiger partial charge < -0.3 is 4.98 Å². The van der Waals surface area contributed by atoms with Gasteiger partial charge in [-0.15, -0.1) is 16.4 Å². The zero-order valence-electron chi connectivity index (χ0n) is 17.7. The molecule has 3 heterocycles. The van der Waals surface area contributed by atoms with Gasteiger partial charge in [0.05, 0.1) is 11.1 Å². The summed E-state index contributed by atoms with van der Waals surface area (Å²) >= 11 is 3.07. The highest BCUT2D eigenvalue weighted by molar-refractivity contribution is 7.98. The number of hydrogen-bond donors (Lipinski definition) is 2. The third-order valence-corrected chi connectivity index (χ3v) is 7.79. The molecule has 1 fully saturated rings. The summed E-state index contributed by atoms with van der Waals surface area (Å²) in [6.45, 7) is 4.11. The number of aromatic nitrogens is 5. The molecule has 2 N–H and O–H groups in total. The van der Waals surface area contributed by atoms with E-state index >= 15 is 0 Å². The Balaban J connectivity index is 1.35. The standard InChI is InChI=1S/C23H25N5OS2/c1-13-7-9-16(10-8-13)19-14(2)31-22-20(19)21(29)24-18(25-22)12-30-23-26-17(27-28-23)11-15-5-3-4-6-15/h7-10,15H,3-6,11-12H2,1-2H3,(H,24,25,29)(H,26,27,28). The SMILES string of the molecule is Cc1ccc(-c2c(C)sc3nc(CSc4n[nH]c(CC5CCCC5)n4)[nH]c(=O)c23)cc1. The van der Waals surface area contributed by atoms with E-state index in [-0.39, 0.29) is 5.56 Å². The van der Waals surface area contributed by atoms with Crippen molar-refractivity contribution in [1.82, 2.24) is 25.1 Å². The number of nitrogens with one attached hydrogen (secondary N) is 2. The Morgan fingerprint density at radius 2 is 1.87 bits per heavy atom. The third kappa shape index (κ3) is 4.32. The van der Waals surface area contributed by atoms with Crippen molar-refractivity contribution in [1.29, 1.82) is 0 Å². The quantitative estimate of drug-likeness (QED) is 0.383. The van der Waals surface area contributed by atoms with Crippen LogP contribution in [0.25, 0.3) is 21.3 Å². The first-order chi connectivity index (χ1) is 15.1. The predicted octanol–water partition coefficient (Wildman–Crippen LogP) is 5.41. The van der Waals surface area contributed by atoms with Crippen LogP contribution >= 0.6 is 23.1 Å². The van der Waals surface area contributed by atoms with E-state index in [4.69, 9.17) is 4.98 Å². The van der Waals surface area contributed by atoms with E-state index in [1.807, 2.05) is 0 Å². The van der Waals surface area contributed by atoms with Crippen molar-refractivity contribution in [3.05, 3.63) is 56.7 Å². The van der Waals surface area contributed by atoms with Crippen molar-refractivity contribution < 1.29 is 0 Å². The number of thioether (sulfide) groups is 1. The summed E-state index contributed by atoms with van der Waals surface area (Å²) in [6, 6.07) is 8.28. The Bertz CT molecular complexity index is 1270. The molecule has 1 aliphatic carbocycles. The monoisotopic (exact) mass is 451 g/mol. The normalized spacial score (nSPS) is 14.6. The number of nitrogens with zero attached hydrogens (tertiary/aromatic N) is 3. The molecule has 8 heteroatoms. The Labute approximate surface area is 188 Å². The van der Waals surface area contributed by atoms with Crippen LogP contribution in [-0.2, 0) is 12.2 Å². The van der Waals surface area contributed by atoms with Gasteiger partial charge in [0, 0.05) is 16.9 Å². The molecule has 31 heavy (non-hydrogen) atoms. The molecule has 1 aromatic carbocycles. The molecule has 0 unspecified atom stereocenters. The minimum absolute atomic E-state index is 0.0857. The lowest BCUT2D eigenvalue weighted by Crippen LogP contribution is -2.10. The molecule has 0 spiro atoms. The second-order valence-electron chi connectivity index (χ2n) is 8.30. The Morgan fingerprint density at radius 1 is 1.10 bits per heavy atom. The fraction of sp³-hybridized carbons (Fsp3) is 0.391. The molecule has 1 saturated carbocycles. The van der Waals surface area contributed by atoms with Crippen molar-refractivity contribution in [3.63, 3.8) is 0 Å². The molecule has 0 bridgehead atoms. The van der Waals surface area contributed by atoms with Gasteiger partial charge in [-0.1, -0.05) is 67.3 Å². The molecule has 0 amide bonds. The van der Waals surface area contributed by atoms with Crippen LogP contribution in [0.3, 0.4) is 0 Å². The van der Waals surface area contributed by atoms with Crippen LogP contribution in [0.1, 0.15) is 47.8 Å². The van der Waals surface area contributed by atoms with Crippen LogP contribution in [0.4, 0.5) is 0 Å². The summed E-state index contributed by atoms with van der Waals surface area (Å²) in [5.41, 5.74) is 3.15. The van der Waals surface area contributed by atoms with Crippen LogP contribution in [0.15, 0.2) is 34.2 Å². The number of H-pyrrole nitrogens is 2. The lowest BCUT2D eigenvalue weighted by atomic mass is 10.0. The highest BCUT2D eigenvalue weighted by atomic mass is 32.2. The first-order valence-corrected chi connectivity index (χ1v) is 12.5. The number of aryl methyl sites for hydroxylation is 2. The van der Waals surface area contributed by atoms with E-state index in [0.29, 0.717) is 22.1 Å². The van der Waals surface area contributed by atoms with Gasteiger partial charge in [-0.2, -0.15) is 0 Å². The third-order valence-electron chi connectivity index (χ3n) is 5.93. The molecule has 0 radical (unpaired) electrons. The van der Waals surface area contributed by atoms with Crippen LogP contribution in [0, 0.1) is 19.8 Å². The smallest absolute Gasteiger partial charge is 0.260 e. The van der Waals surface area contributed by atoms with Gasteiger partial charge in [-0.25, -0.2) is 9.97 Å². The van der Waals surface area contributed by atoms with Crippen LogP contribution in [-0.4, -0.2) is 25.1 Å². The summed E-state index contributed by atoms with van der Waals surface area (Å²) in [5.74, 6) is 2.88. The average Bonchev–Trinajstić information content (AvgIpc) is 3.48. The van der Waals surface area contributed by atoms with Crippen molar-refractivity contribution in [2.24, 2.45) is 5.92 Å². The van der Waals surface area contributed by atoms with Gasteiger partial charge in [-0.3, -0.25) is 9.89 Å². The first-order valence-electron chi connectivity index (χ1n) is 10.7. The molecule has 4 aromatic rings. The van der Waals surface area contributed by atoms with Gasteiger partial charge in [0.1, 0.15) is 16.5 Å². The van der Waals surface area contributed by atoms with Crippen molar-refractivity contribution >= 4 is 33.3 Å². The second kappa shape index (κ2) is 8.59. The van der Waals surface area contributed by atoms with Crippen LogP contribution in [0.5, 0.6) is 0 Å². The molecule has 0 saturated heterocycles. The maximum atomic E-state index is 12.9. The molecular weight excluding hydrogens is 426 g/mol. The van der Waals surface area contributed by atoms with Gasteiger partial charge in [-0.05, 0) is 25.3 Å². The van der Waals surface area contributed by atoms with Gasteiger partial charge in [0.15, 0.2) is 0 Å². The number of fused-ring (bicyclic) bond motifs is 1. The summed E-state index contributed by atoms with van der Waals surface area (Å²) in [6.07, 6.45) is 6.22. The fourth-order valence-electron chi connectivity index (χ4n) is 4.35. The molecular formula is C23H25N5OS2. The van der Waals surface area contributed by atoms with Crippen molar-refractivity contribution in [3.8, 4) is 11.1 Å². The summed E-state index contributed by atoms with van der Waals surface area (Å²) in [7, 11) is 0. The summed E-state index contributed by atoms with van der Waals surface area (Å²) in [4.78, 5) is 27.2. The van der Waals surface area contributed by atoms with E-state index in [1.54, 1.807) is 11.3 Å². The first kappa shape index (κ1) is 20.5. The summed E-state index contributed by atoms with van der Waals surface area (Å²) < 4.78 is 0.